The van der Waals surface area contributed by atoms with E-state index in [2.05, 4.69) is 10.3 Å². The van der Waals surface area contributed by atoms with Gasteiger partial charge in [0.25, 0.3) is 11.6 Å². The second-order valence-electron chi connectivity index (χ2n) is 6.45. The number of hydrogen-bond donors (Lipinski definition) is 1. The summed E-state index contributed by atoms with van der Waals surface area (Å²) in [5, 5.41) is 16.0. The second-order valence-corrected chi connectivity index (χ2v) is 7.27. The zero-order chi connectivity index (χ0) is 21.3. The fourth-order valence-electron chi connectivity index (χ4n) is 3.12. The first-order chi connectivity index (χ1) is 14.4. The molecule has 3 aromatic carbocycles. The number of aromatic nitrogens is 1. The lowest BCUT2D eigenvalue weighted by molar-refractivity contribution is -0.384. The van der Waals surface area contributed by atoms with Gasteiger partial charge in [-0.2, -0.15) is 0 Å². The van der Waals surface area contributed by atoms with Crippen LogP contribution in [0.1, 0.15) is 10.4 Å². The Kier molecular flexibility index (Phi) is 5.35. The van der Waals surface area contributed by atoms with E-state index in [1.807, 2.05) is 30.3 Å². The van der Waals surface area contributed by atoms with E-state index in [4.69, 9.17) is 23.2 Å². The molecule has 0 saturated carbocycles. The quantitative estimate of drug-likeness (QED) is 0.296. The summed E-state index contributed by atoms with van der Waals surface area (Å²) in [6.07, 6.45) is 1.70. The molecule has 1 aromatic heterocycles. The summed E-state index contributed by atoms with van der Waals surface area (Å²) >= 11 is 12.5. The van der Waals surface area contributed by atoms with Gasteiger partial charge >= 0.3 is 0 Å². The van der Waals surface area contributed by atoms with E-state index < -0.39 is 10.8 Å². The van der Waals surface area contributed by atoms with Crippen molar-refractivity contribution in [3.8, 4) is 11.3 Å². The predicted octanol–water partition coefficient (Wildman–Crippen LogP) is 6.37. The van der Waals surface area contributed by atoms with Gasteiger partial charge in [0.2, 0.25) is 0 Å². The Morgan fingerprint density at radius 2 is 1.77 bits per heavy atom. The number of pyridine rings is 1. The summed E-state index contributed by atoms with van der Waals surface area (Å²) in [6.45, 7) is 0. The van der Waals surface area contributed by atoms with Gasteiger partial charge in [-0.25, -0.2) is 0 Å². The Morgan fingerprint density at radius 1 is 0.967 bits per heavy atom. The number of halogens is 2. The van der Waals surface area contributed by atoms with Crippen LogP contribution in [-0.4, -0.2) is 15.8 Å². The van der Waals surface area contributed by atoms with E-state index in [0.29, 0.717) is 22.0 Å². The zero-order valence-corrected chi connectivity index (χ0v) is 16.8. The lowest BCUT2D eigenvalue weighted by atomic mass is 10.0. The standard InChI is InChI=1S/C22H13Cl2N3O3/c23-19-8-5-14(26-22(28)17-7-6-15(27(29)30)12-20(17)24)11-18(19)21-16-4-2-1-3-13(16)9-10-25-21/h1-12H,(H,26,28). The van der Waals surface area contributed by atoms with E-state index in [9.17, 15) is 14.9 Å². The van der Waals surface area contributed by atoms with Crippen LogP contribution in [0.5, 0.6) is 0 Å². The highest BCUT2D eigenvalue weighted by molar-refractivity contribution is 6.35. The number of hydrogen-bond acceptors (Lipinski definition) is 4. The molecule has 0 bridgehead atoms. The van der Waals surface area contributed by atoms with Gasteiger partial charge in [0.05, 0.1) is 26.2 Å². The SMILES string of the molecule is O=C(Nc1ccc(Cl)c(-c2nccc3ccccc23)c1)c1ccc([N+](=O)[O-])cc1Cl. The van der Waals surface area contributed by atoms with Crippen LogP contribution in [0.25, 0.3) is 22.0 Å². The molecular weight excluding hydrogens is 425 g/mol. The first-order valence-corrected chi connectivity index (χ1v) is 9.58. The topological polar surface area (TPSA) is 85.1 Å². The van der Waals surface area contributed by atoms with Gasteiger partial charge in [0.15, 0.2) is 0 Å². The van der Waals surface area contributed by atoms with Gasteiger partial charge in [-0.15, -0.1) is 0 Å². The monoisotopic (exact) mass is 437 g/mol. The molecule has 6 nitrogen and oxygen atoms in total. The molecule has 0 fully saturated rings. The molecule has 0 aliphatic carbocycles. The Labute approximate surface area is 181 Å². The number of benzene rings is 3. The van der Waals surface area contributed by atoms with Gasteiger partial charge in [0, 0.05) is 35.0 Å². The Bertz CT molecular complexity index is 1300. The molecule has 0 unspecified atom stereocenters. The van der Waals surface area contributed by atoms with Crippen LogP contribution in [0.4, 0.5) is 11.4 Å². The minimum Gasteiger partial charge on any atom is -0.322 e. The summed E-state index contributed by atoms with van der Waals surface area (Å²) in [5.41, 5.74) is 1.79. The predicted molar refractivity (Wildman–Crippen MR) is 118 cm³/mol. The third-order valence-corrected chi connectivity index (χ3v) is 5.20. The van der Waals surface area contributed by atoms with E-state index in [0.717, 1.165) is 16.8 Å². The molecule has 0 atom stereocenters. The van der Waals surface area contributed by atoms with Crippen LogP contribution >= 0.6 is 23.2 Å². The molecule has 148 valence electrons. The molecule has 0 saturated heterocycles. The van der Waals surface area contributed by atoms with Crippen molar-refractivity contribution >= 4 is 51.3 Å². The van der Waals surface area contributed by atoms with E-state index in [1.54, 1.807) is 24.4 Å². The van der Waals surface area contributed by atoms with Crippen LogP contribution in [0, 0.1) is 10.1 Å². The van der Waals surface area contributed by atoms with Crippen molar-refractivity contribution in [1.82, 2.24) is 4.98 Å². The molecule has 4 rings (SSSR count). The lowest BCUT2D eigenvalue weighted by Gasteiger charge is -2.11. The number of carbonyl (C=O) groups is 1. The van der Waals surface area contributed by atoms with Crippen LogP contribution in [-0.2, 0) is 0 Å². The first-order valence-electron chi connectivity index (χ1n) is 8.83. The molecule has 1 heterocycles. The van der Waals surface area contributed by atoms with Crippen molar-refractivity contribution in [2.45, 2.75) is 0 Å². The molecule has 1 N–H and O–H groups in total. The van der Waals surface area contributed by atoms with Gasteiger partial charge in [-0.3, -0.25) is 19.9 Å². The third-order valence-electron chi connectivity index (χ3n) is 4.56. The van der Waals surface area contributed by atoms with Crippen LogP contribution in [0.3, 0.4) is 0 Å². The van der Waals surface area contributed by atoms with E-state index in [-0.39, 0.29) is 16.3 Å². The fourth-order valence-corrected chi connectivity index (χ4v) is 3.59. The molecule has 0 radical (unpaired) electrons. The highest BCUT2D eigenvalue weighted by Crippen LogP contribution is 2.34. The van der Waals surface area contributed by atoms with Gasteiger partial charge in [0.1, 0.15) is 0 Å². The Hall–Kier alpha value is -3.48. The first kappa shape index (κ1) is 19.8. The average Bonchev–Trinajstić information content (AvgIpc) is 2.74. The molecular formula is C22H13Cl2N3O3. The summed E-state index contributed by atoms with van der Waals surface area (Å²) in [4.78, 5) is 27.4. The van der Waals surface area contributed by atoms with E-state index >= 15 is 0 Å². The number of nitro benzene ring substituents is 1. The highest BCUT2D eigenvalue weighted by Gasteiger charge is 2.16. The third kappa shape index (κ3) is 3.83. The average molecular weight is 438 g/mol. The van der Waals surface area contributed by atoms with Crippen LogP contribution in [0.15, 0.2) is 72.9 Å². The fraction of sp³-hybridized carbons (Fsp3) is 0. The minimum atomic E-state index is -0.573. The van der Waals surface area contributed by atoms with Gasteiger partial charge in [-0.05, 0) is 35.7 Å². The molecule has 4 aromatic rings. The molecule has 0 aliphatic heterocycles. The maximum absolute atomic E-state index is 12.6. The van der Waals surface area contributed by atoms with Crippen LogP contribution in [0.2, 0.25) is 10.0 Å². The molecule has 30 heavy (non-hydrogen) atoms. The van der Waals surface area contributed by atoms with Gasteiger partial charge in [-0.1, -0.05) is 47.5 Å². The number of non-ortho nitro benzene ring substituents is 1. The maximum atomic E-state index is 12.6. The van der Waals surface area contributed by atoms with Crippen LogP contribution < -0.4 is 5.32 Å². The summed E-state index contributed by atoms with van der Waals surface area (Å²) in [6, 6.07) is 18.5. The smallest absolute Gasteiger partial charge is 0.270 e. The number of nitro groups is 1. The summed E-state index contributed by atoms with van der Waals surface area (Å²) in [5.74, 6) is -0.492. The number of carbonyl (C=O) groups excluding carboxylic acids is 1. The molecule has 0 aliphatic rings. The second kappa shape index (κ2) is 8.10. The van der Waals surface area contributed by atoms with Crippen molar-refractivity contribution in [1.29, 1.82) is 0 Å². The normalized spacial score (nSPS) is 10.7. The lowest BCUT2D eigenvalue weighted by Crippen LogP contribution is -2.12. The highest BCUT2D eigenvalue weighted by atomic mass is 35.5. The largest absolute Gasteiger partial charge is 0.322 e. The number of rotatable bonds is 4. The molecule has 0 spiro atoms. The summed E-state index contributed by atoms with van der Waals surface area (Å²) in [7, 11) is 0. The molecule has 8 heteroatoms. The number of fused-ring (bicyclic) bond motifs is 1. The van der Waals surface area contributed by atoms with Crippen molar-refractivity contribution < 1.29 is 9.72 Å². The van der Waals surface area contributed by atoms with E-state index in [1.165, 1.54) is 12.1 Å². The van der Waals surface area contributed by atoms with Crippen molar-refractivity contribution in [2.24, 2.45) is 0 Å². The number of amides is 1. The van der Waals surface area contributed by atoms with Crippen molar-refractivity contribution in [3.63, 3.8) is 0 Å². The summed E-state index contributed by atoms with van der Waals surface area (Å²) < 4.78 is 0. The van der Waals surface area contributed by atoms with Gasteiger partial charge < -0.3 is 5.32 Å². The number of nitrogens with one attached hydrogen (secondary N) is 1. The van der Waals surface area contributed by atoms with Crippen molar-refractivity contribution in [2.75, 3.05) is 5.32 Å². The zero-order valence-electron chi connectivity index (χ0n) is 15.3. The minimum absolute atomic E-state index is 0.00777. The number of anilines is 1. The Morgan fingerprint density at radius 3 is 2.53 bits per heavy atom. The maximum Gasteiger partial charge on any atom is 0.270 e. The van der Waals surface area contributed by atoms with Crippen molar-refractivity contribution in [3.05, 3.63) is 98.6 Å². The Balaban J connectivity index is 1.69. The number of nitrogens with zero attached hydrogens (tertiary/aromatic N) is 2. The molecule has 1 amide bonds.